The minimum absolute atomic E-state index is 0.0625. The van der Waals surface area contributed by atoms with Crippen molar-refractivity contribution in [3.63, 3.8) is 0 Å². The number of rotatable bonds is 4. The van der Waals surface area contributed by atoms with Gasteiger partial charge in [0.15, 0.2) is 11.5 Å². The Morgan fingerprint density at radius 2 is 2.14 bits per heavy atom. The molecule has 3 aromatic rings. The third kappa shape index (κ3) is 2.72. The van der Waals surface area contributed by atoms with E-state index in [1.165, 1.54) is 0 Å². The predicted molar refractivity (Wildman–Crippen MR) is 82.7 cm³/mol. The number of aryl methyl sites for hydroxylation is 1. The Bertz CT molecular complexity index is 817. The number of benzene rings is 1. The highest BCUT2D eigenvalue weighted by Gasteiger charge is 2.15. The van der Waals surface area contributed by atoms with Crippen LogP contribution in [0.25, 0.3) is 11.0 Å². The molecule has 3 rings (SSSR count). The summed E-state index contributed by atoms with van der Waals surface area (Å²) < 4.78 is 7.33. The molecule has 114 valence electrons. The fraction of sp³-hybridized carbons (Fsp3) is 0.312. The Balaban J connectivity index is 1.85. The van der Waals surface area contributed by atoms with Crippen molar-refractivity contribution < 1.29 is 9.32 Å². The number of aromatic nitrogens is 3. The van der Waals surface area contributed by atoms with Gasteiger partial charge in [-0.3, -0.25) is 4.79 Å². The molecule has 6 nitrogen and oxygen atoms in total. The van der Waals surface area contributed by atoms with Gasteiger partial charge in [0.1, 0.15) is 5.82 Å². The first kappa shape index (κ1) is 14.3. The van der Waals surface area contributed by atoms with Crippen LogP contribution >= 0.6 is 0 Å². The number of nitrogens with one attached hydrogen (secondary N) is 1. The van der Waals surface area contributed by atoms with Gasteiger partial charge in [-0.25, -0.2) is 4.98 Å². The molecule has 0 saturated heterocycles. The maximum Gasteiger partial charge on any atom is 0.273 e. The van der Waals surface area contributed by atoms with Crippen molar-refractivity contribution in [2.24, 2.45) is 0 Å². The molecule has 0 atom stereocenters. The molecule has 0 saturated carbocycles. The standard InChI is InChI=1S/C16H18N4O2/c1-10(2)17-16(21)14-8-12(22-19-14)9-20-11(3)18-13-6-4-5-7-15(13)20/h4-8,10H,9H2,1-3H3,(H,17,21). The predicted octanol–water partition coefficient (Wildman–Crippen LogP) is 2.52. The first-order valence-electron chi connectivity index (χ1n) is 7.23. The molecule has 22 heavy (non-hydrogen) atoms. The van der Waals surface area contributed by atoms with Gasteiger partial charge in [-0.2, -0.15) is 0 Å². The number of para-hydroxylation sites is 2. The summed E-state index contributed by atoms with van der Waals surface area (Å²) in [5.74, 6) is 1.29. The summed E-state index contributed by atoms with van der Waals surface area (Å²) in [5, 5.41) is 6.63. The first-order chi connectivity index (χ1) is 10.5. The van der Waals surface area contributed by atoms with Crippen molar-refractivity contribution in [3.8, 4) is 0 Å². The number of hydrogen-bond donors (Lipinski definition) is 1. The Kier molecular flexibility index (Phi) is 3.66. The number of carbonyl (C=O) groups is 1. The molecule has 2 heterocycles. The van der Waals surface area contributed by atoms with Gasteiger partial charge in [-0.1, -0.05) is 17.3 Å². The van der Waals surface area contributed by atoms with Gasteiger partial charge < -0.3 is 14.4 Å². The maximum absolute atomic E-state index is 11.9. The Hall–Kier alpha value is -2.63. The van der Waals surface area contributed by atoms with E-state index in [1.54, 1.807) is 6.07 Å². The van der Waals surface area contributed by atoms with Crippen LogP contribution in [0.3, 0.4) is 0 Å². The lowest BCUT2D eigenvalue weighted by Gasteiger charge is -2.04. The van der Waals surface area contributed by atoms with Crippen LogP contribution in [0.2, 0.25) is 0 Å². The molecule has 0 spiro atoms. The second kappa shape index (κ2) is 5.63. The zero-order chi connectivity index (χ0) is 15.7. The lowest BCUT2D eigenvalue weighted by molar-refractivity contribution is 0.0934. The zero-order valence-corrected chi connectivity index (χ0v) is 12.8. The minimum Gasteiger partial charge on any atom is -0.359 e. The molecule has 1 amide bonds. The number of fused-ring (bicyclic) bond motifs is 1. The first-order valence-corrected chi connectivity index (χ1v) is 7.23. The average molecular weight is 298 g/mol. The summed E-state index contributed by atoms with van der Waals surface area (Å²) in [6.45, 7) is 6.25. The van der Waals surface area contributed by atoms with Crippen LogP contribution in [-0.4, -0.2) is 26.7 Å². The second-order valence-electron chi connectivity index (χ2n) is 5.54. The van der Waals surface area contributed by atoms with Crippen LogP contribution in [0.1, 0.15) is 35.9 Å². The van der Waals surface area contributed by atoms with Gasteiger partial charge in [0, 0.05) is 12.1 Å². The third-order valence-corrected chi connectivity index (χ3v) is 3.37. The molecule has 6 heteroatoms. The van der Waals surface area contributed by atoms with Gasteiger partial charge in [0.05, 0.1) is 17.6 Å². The SMILES string of the molecule is Cc1nc2ccccc2n1Cc1cc(C(=O)NC(C)C)no1. The fourth-order valence-corrected chi connectivity index (χ4v) is 2.38. The molecule has 2 aromatic heterocycles. The summed E-state index contributed by atoms with van der Waals surface area (Å²) >= 11 is 0. The molecule has 0 aliphatic carbocycles. The highest BCUT2D eigenvalue weighted by atomic mass is 16.5. The fourth-order valence-electron chi connectivity index (χ4n) is 2.38. The van der Waals surface area contributed by atoms with Crippen molar-refractivity contribution in [1.29, 1.82) is 0 Å². The third-order valence-electron chi connectivity index (χ3n) is 3.37. The van der Waals surface area contributed by atoms with Crippen molar-refractivity contribution >= 4 is 16.9 Å². The summed E-state index contributed by atoms with van der Waals surface area (Å²) in [5.41, 5.74) is 2.27. The van der Waals surface area contributed by atoms with E-state index >= 15 is 0 Å². The number of imidazole rings is 1. The highest BCUT2D eigenvalue weighted by molar-refractivity contribution is 5.92. The Morgan fingerprint density at radius 3 is 2.91 bits per heavy atom. The van der Waals surface area contributed by atoms with Crippen LogP contribution in [0.15, 0.2) is 34.9 Å². The van der Waals surface area contributed by atoms with Gasteiger partial charge >= 0.3 is 0 Å². The lowest BCUT2D eigenvalue weighted by atomic mass is 10.3. The smallest absolute Gasteiger partial charge is 0.273 e. The van der Waals surface area contributed by atoms with E-state index in [1.807, 2.05) is 49.6 Å². The summed E-state index contributed by atoms with van der Waals surface area (Å²) in [4.78, 5) is 16.4. The molecule has 0 unspecified atom stereocenters. The van der Waals surface area contributed by atoms with Crippen molar-refractivity contribution in [2.75, 3.05) is 0 Å². The molecular formula is C16H18N4O2. The second-order valence-corrected chi connectivity index (χ2v) is 5.54. The zero-order valence-electron chi connectivity index (χ0n) is 12.8. The van der Waals surface area contributed by atoms with E-state index in [0.29, 0.717) is 18.0 Å². The quantitative estimate of drug-likeness (QED) is 0.803. The molecule has 0 aliphatic heterocycles. The van der Waals surface area contributed by atoms with E-state index in [-0.39, 0.29) is 11.9 Å². The van der Waals surface area contributed by atoms with Crippen LogP contribution < -0.4 is 5.32 Å². The van der Waals surface area contributed by atoms with Crippen molar-refractivity contribution in [1.82, 2.24) is 20.0 Å². The minimum atomic E-state index is -0.225. The van der Waals surface area contributed by atoms with E-state index in [2.05, 4.69) is 15.5 Å². The molecular weight excluding hydrogens is 280 g/mol. The van der Waals surface area contributed by atoms with E-state index < -0.39 is 0 Å². The van der Waals surface area contributed by atoms with Crippen molar-refractivity contribution in [3.05, 3.63) is 47.6 Å². The van der Waals surface area contributed by atoms with Crippen LogP contribution in [0.4, 0.5) is 0 Å². The van der Waals surface area contributed by atoms with E-state index in [4.69, 9.17) is 4.52 Å². The lowest BCUT2D eigenvalue weighted by Crippen LogP contribution is -2.30. The molecule has 0 bridgehead atoms. The topological polar surface area (TPSA) is 73.0 Å². The number of carbonyl (C=O) groups excluding carboxylic acids is 1. The number of amides is 1. The molecule has 0 fully saturated rings. The normalized spacial score (nSPS) is 11.3. The average Bonchev–Trinajstić information content (AvgIpc) is 3.04. The van der Waals surface area contributed by atoms with Gasteiger partial charge in [0.25, 0.3) is 5.91 Å². The van der Waals surface area contributed by atoms with Crippen LogP contribution in [0, 0.1) is 6.92 Å². The van der Waals surface area contributed by atoms with E-state index in [9.17, 15) is 4.79 Å². The molecule has 1 aromatic carbocycles. The molecule has 0 aliphatic rings. The highest BCUT2D eigenvalue weighted by Crippen LogP contribution is 2.17. The summed E-state index contributed by atoms with van der Waals surface area (Å²) in [6, 6.07) is 9.65. The van der Waals surface area contributed by atoms with Crippen LogP contribution in [0.5, 0.6) is 0 Å². The van der Waals surface area contributed by atoms with Crippen LogP contribution in [-0.2, 0) is 6.54 Å². The Labute approximate surface area is 128 Å². The molecule has 0 radical (unpaired) electrons. The molecule has 1 N–H and O–H groups in total. The summed E-state index contributed by atoms with van der Waals surface area (Å²) in [6.07, 6.45) is 0. The summed E-state index contributed by atoms with van der Waals surface area (Å²) in [7, 11) is 0. The Morgan fingerprint density at radius 1 is 1.36 bits per heavy atom. The van der Waals surface area contributed by atoms with Gasteiger partial charge in [0.2, 0.25) is 0 Å². The van der Waals surface area contributed by atoms with Crippen molar-refractivity contribution in [2.45, 2.75) is 33.4 Å². The van der Waals surface area contributed by atoms with Gasteiger partial charge in [-0.15, -0.1) is 0 Å². The number of nitrogens with zero attached hydrogens (tertiary/aromatic N) is 3. The monoisotopic (exact) mass is 298 g/mol. The maximum atomic E-state index is 11.9. The largest absolute Gasteiger partial charge is 0.359 e. The van der Waals surface area contributed by atoms with E-state index in [0.717, 1.165) is 16.9 Å². The van der Waals surface area contributed by atoms with Gasteiger partial charge in [-0.05, 0) is 32.9 Å². The number of hydrogen-bond acceptors (Lipinski definition) is 4.